The summed E-state index contributed by atoms with van der Waals surface area (Å²) in [6.07, 6.45) is -15.6. The Balaban J connectivity index is 1.39. The Morgan fingerprint density at radius 2 is 1.45 bits per heavy atom. The molecule has 2 fully saturated rings. The summed E-state index contributed by atoms with van der Waals surface area (Å²) < 4.78 is 26.4. The zero-order chi connectivity index (χ0) is 32.4. The number of methoxy groups -OCH3 is 1. The van der Waals surface area contributed by atoms with E-state index in [2.05, 4.69) is 15.4 Å². The number of aliphatic hydroxyl groups excluding tert-OH is 7. The van der Waals surface area contributed by atoms with E-state index in [1.807, 2.05) is 0 Å². The Kier molecular flexibility index (Phi) is 13.8. The lowest BCUT2D eigenvalue weighted by atomic mass is 9.97. The monoisotopic (exact) mass is 632 g/mol. The van der Waals surface area contributed by atoms with Crippen LogP contribution in [0.1, 0.15) is 29.6 Å². The van der Waals surface area contributed by atoms with Crippen LogP contribution >= 0.6 is 0 Å². The van der Waals surface area contributed by atoms with Gasteiger partial charge in [-0.15, -0.1) is 0 Å². The van der Waals surface area contributed by atoms with E-state index in [0.29, 0.717) is 0 Å². The molecule has 2 aliphatic rings. The van der Waals surface area contributed by atoms with Gasteiger partial charge in [0.05, 0.1) is 38.2 Å². The molecule has 0 spiro atoms. The van der Waals surface area contributed by atoms with Crippen molar-refractivity contribution in [3.63, 3.8) is 0 Å². The number of esters is 1. The molecule has 9 N–H and O–H groups in total. The molecule has 44 heavy (non-hydrogen) atoms. The van der Waals surface area contributed by atoms with Crippen molar-refractivity contribution in [3.05, 3.63) is 29.8 Å². The maximum absolute atomic E-state index is 12.2. The number of rotatable bonds is 14. The predicted molar refractivity (Wildman–Crippen MR) is 146 cm³/mol. The number of para-hydroxylation sites is 1. The molecule has 10 atom stereocenters. The highest BCUT2D eigenvalue weighted by atomic mass is 16.7. The molecule has 17 heteroatoms. The second kappa shape index (κ2) is 17.0. The molecule has 17 nitrogen and oxygen atoms in total. The quantitative estimate of drug-likeness (QED) is 0.0707. The average molecular weight is 633 g/mol. The summed E-state index contributed by atoms with van der Waals surface area (Å²) >= 11 is 0. The zero-order valence-electron chi connectivity index (χ0n) is 23.9. The number of ether oxygens (including phenoxy) is 5. The van der Waals surface area contributed by atoms with Crippen molar-refractivity contribution < 1.29 is 73.8 Å². The van der Waals surface area contributed by atoms with Crippen molar-refractivity contribution >= 4 is 23.5 Å². The number of carbonyl (C=O) groups excluding carboxylic acids is 3. The van der Waals surface area contributed by atoms with Crippen molar-refractivity contribution in [2.75, 3.05) is 38.8 Å². The first-order valence-electron chi connectivity index (χ1n) is 14.0. The number of carbonyl (C=O) groups is 3. The van der Waals surface area contributed by atoms with Gasteiger partial charge in [0, 0.05) is 19.4 Å². The van der Waals surface area contributed by atoms with Crippen LogP contribution in [0.2, 0.25) is 0 Å². The van der Waals surface area contributed by atoms with E-state index in [-0.39, 0.29) is 43.7 Å². The Morgan fingerprint density at radius 1 is 0.818 bits per heavy atom. The molecular weight excluding hydrogens is 592 g/mol. The first-order chi connectivity index (χ1) is 21.0. The predicted octanol–water partition coefficient (Wildman–Crippen LogP) is -3.66. The Bertz CT molecular complexity index is 1090. The van der Waals surface area contributed by atoms with Gasteiger partial charge in [-0.1, -0.05) is 12.1 Å². The van der Waals surface area contributed by atoms with E-state index in [1.54, 1.807) is 12.1 Å². The maximum Gasteiger partial charge on any atom is 0.339 e. The van der Waals surface area contributed by atoms with E-state index >= 15 is 0 Å². The molecule has 0 aromatic heterocycles. The molecule has 4 unspecified atom stereocenters. The van der Waals surface area contributed by atoms with Gasteiger partial charge in [-0.25, -0.2) is 4.79 Å². The first kappa shape index (κ1) is 35.7. The van der Waals surface area contributed by atoms with Crippen LogP contribution in [0.15, 0.2) is 24.3 Å². The lowest BCUT2D eigenvalue weighted by Gasteiger charge is -2.45. The van der Waals surface area contributed by atoms with Gasteiger partial charge in [-0.05, 0) is 18.6 Å². The van der Waals surface area contributed by atoms with Crippen LogP contribution in [0, 0.1) is 0 Å². The van der Waals surface area contributed by atoms with E-state index in [4.69, 9.17) is 18.9 Å². The number of anilines is 1. The Morgan fingerprint density at radius 3 is 2.14 bits per heavy atom. The van der Waals surface area contributed by atoms with Gasteiger partial charge >= 0.3 is 5.97 Å². The molecule has 2 saturated heterocycles. The van der Waals surface area contributed by atoms with Gasteiger partial charge in [-0.3, -0.25) is 9.59 Å². The van der Waals surface area contributed by atoms with E-state index in [0.717, 1.165) is 0 Å². The first-order valence-corrected chi connectivity index (χ1v) is 14.0. The highest BCUT2D eigenvalue weighted by Gasteiger charge is 2.50. The Labute approximate surface area is 252 Å². The summed E-state index contributed by atoms with van der Waals surface area (Å²) in [5.74, 6) is -1.51. The fourth-order valence-electron chi connectivity index (χ4n) is 4.60. The summed E-state index contributed by atoms with van der Waals surface area (Å²) in [6.45, 7) is -1.32. The molecule has 0 bridgehead atoms. The third-order valence-electron chi connectivity index (χ3n) is 7.07. The van der Waals surface area contributed by atoms with Gasteiger partial charge in [-0.2, -0.15) is 0 Å². The van der Waals surface area contributed by atoms with Gasteiger partial charge in [0.25, 0.3) is 0 Å². The molecular formula is C27H40N2O15. The molecule has 0 radical (unpaired) electrons. The average Bonchev–Trinajstić information content (AvgIpc) is 3.02. The third-order valence-corrected chi connectivity index (χ3v) is 7.07. The van der Waals surface area contributed by atoms with Gasteiger partial charge < -0.3 is 70.1 Å². The molecule has 1 aromatic rings. The van der Waals surface area contributed by atoms with Crippen molar-refractivity contribution in [2.45, 2.75) is 80.7 Å². The van der Waals surface area contributed by atoms with E-state index < -0.39 is 92.4 Å². The van der Waals surface area contributed by atoms with Gasteiger partial charge in [0.2, 0.25) is 11.8 Å². The minimum absolute atomic E-state index is 0.0457. The number of hydrogen-bond donors (Lipinski definition) is 9. The number of amides is 2. The summed E-state index contributed by atoms with van der Waals surface area (Å²) in [5.41, 5.74) is 0.434. The van der Waals surface area contributed by atoms with Gasteiger partial charge in [0.1, 0.15) is 48.8 Å². The molecule has 2 heterocycles. The van der Waals surface area contributed by atoms with Gasteiger partial charge in [0.15, 0.2) is 12.6 Å². The topological polar surface area (TPSA) is 263 Å². The molecule has 1 aromatic carbocycles. The van der Waals surface area contributed by atoms with E-state index in [9.17, 15) is 50.1 Å². The fraction of sp³-hybridized carbons (Fsp3) is 0.667. The number of benzene rings is 1. The van der Waals surface area contributed by atoms with Crippen molar-refractivity contribution in [1.29, 1.82) is 0 Å². The molecule has 2 amide bonds. The van der Waals surface area contributed by atoms with Crippen LogP contribution in [-0.4, -0.2) is 148 Å². The van der Waals surface area contributed by atoms with Crippen molar-refractivity contribution in [2.24, 2.45) is 0 Å². The SMILES string of the molecule is COC(=O)c1ccccc1NC(=O)CCC(=O)NCCCO[C@@H]1OC(CO)[C@@H](O[C@@H]2OC(CO)[C@H](O)C(O)[C@@H]2O)C(O)[C@@H]1O. The van der Waals surface area contributed by atoms with Crippen LogP contribution in [0.3, 0.4) is 0 Å². The minimum atomic E-state index is -1.78. The summed E-state index contributed by atoms with van der Waals surface area (Å²) in [5, 5.41) is 75.5. The summed E-state index contributed by atoms with van der Waals surface area (Å²) in [4.78, 5) is 36.2. The molecule has 0 saturated carbocycles. The number of aliphatic hydroxyl groups is 7. The summed E-state index contributed by atoms with van der Waals surface area (Å²) in [7, 11) is 1.22. The lowest BCUT2D eigenvalue weighted by Crippen LogP contribution is -2.64. The fourth-order valence-corrected chi connectivity index (χ4v) is 4.60. The Hall–Kier alpha value is -2.81. The summed E-state index contributed by atoms with van der Waals surface area (Å²) in [6, 6.07) is 6.28. The number of nitrogens with one attached hydrogen (secondary N) is 2. The van der Waals surface area contributed by atoms with Crippen molar-refractivity contribution in [3.8, 4) is 0 Å². The standard InChI is InChI=1S/C27H40N2O15/c1-40-25(39)13-5-2-3-6-14(13)29-18(33)8-7-17(32)28-9-4-10-41-26-23(38)21(36)24(16(12-31)43-26)44-27-22(37)20(35)19(34)15(11-30)42-27/h2-3,5-6,15-16,19-24,26-27,30-31,34-38H,4,7-12H2,1H3,(H,28,32)(H,29,33)/t15?,16?,19-,20?,21?,22-,23-,24+,26+,27-/m0/s1. The lowest BCUT2D eigenvalue weighted by molar-refractivity contribution is -0.359. The largest absolute Gasteiger partial charge is 0.465 e. The van der Waals surface area contributed by atoms with Crippen LogP contribution in [0.4, 0.5) is 5.69 Å². The van der Waals surface area contributed by atoms with Crippen LogP contribution in [0.25, 0.3) is 0 Å². The maximum atomic E-state index is 12.2. The minimum Gasteiger partial charge on any atom is -0.465 e. The molecule has 3 rings (SSSR count). The highest BCUT2D eigenvalue weighted by molar-refractivity contribution is 6.01. The zero-order valence-corrected chi connectivity index (χ0v) is 23.9. The smallest absolute Gasteiger partial charge is 0.339 e. The molecule has 248 valence electrons. The molecule has 2 aliphatic heterocycles. The van der Waals surface area contributed by atoms with Crippen molar-refractivity contribution in [1.82, 2.24) is 5.32 Å². The van der Waals surface area contributed by atoms with Crippen LogP contribution in [0.5, 0.6) is 0 Å². The molecule has 0 aliphatic carbocycles. The normalized spacial score (nSPS) is 32.1. The van der Waals surface area contributed by atoms with Crippen LogP contribution in [-0.2, 0) is 33.3 Å². The second-order valence-corrected chi connectivity index (χ2v) is 10.2. The second-order valence-electron chi connectivity index (χ2n) is 10.2. The van der Waals surface area contributed by atoms with E-state index in [1.165, 1.54) is 19.2 Å². The highest BCUT2D eigenvalue weighted by Crippen LogP contribution is 2.29. The van der Waals surface area contributed by atoms with Crippen LogP contribution < -0.4 is 10.6 Å². The third kappa shape index (κ3) is 9.11. The number of hydrogen-bond acceptors (Lipinski definition) is 15.